The molecule has 0 saturated heterocycles. The molecule has 1 aromatic heterocycles. The third-order valence-corrected chi connectivity index (χ3v) is 13.8. The number of aromatic amines is 1. The third kappa shape index (κ3) is 4.12. The van der Waals surface area contributed by atoms with Gasteiger partial charge in [-0.05, 0) is 86.3 Å². The van der Waals surface area contributed by atoms with Gasteiger partial charge in [0.05, 0.1) is 12.1 Å². The topological polar surface area (TPSA) is 165 Å². The lowest BCUT2D eigenvalue weighted by Crippen LogP contribution is -2.74. The molecule has 0 unspecified atom stereocenters. The van der Waals surface area contributed by atoms with Crippen LogP contribution in [0, 0.1) is 50.2 Å². The molecule has 4 N–H and O–H groups in total. The lowest BCUT2D eigenvalue weighted by molar-refractivity contribution is -0.240. The first-order valence-corrected chi connectivity index (χ1v) is 16.6. The number of ketones is 2. The van der Waals surface area contributed by atoms with Gasteiger partial charge in [0.2, 0.25) is 5.91 Å². The van der Waals surface area contributed by atoms with Crippen LogP contribution in [0.4, 0.5) is 0 Å². The van der Waals surface area contributed by atoms with Gasteiger partial charge in [0.15, 0.2) is 11.6 Å². The summed E-state index contributed by atoms with van der Waals surface area (Å²) in [5.41, 5.74) is -4.18. The second-order valence-electron chi connectivity index (χ2n) is 16.6. The van der Waals surface area contributed by atoms with Crippen LogP contribution in [-0.4, -0.2) is 56.4 Å². The van der Waals surface area contributed by atoms with E-state index in [0.717, 1.165) is 24.8 Å². The average molecular weight is 630 g/mol. The summed E-state index contributed by atoms with van der Waals surface area (Å²) in [6.07, 6.45) is 9.72. The Morgan fingerprint density at radius 3 is 2.39 bits per heavy atom. The van der Waals surface area contributed by atoms with E-state index in [4.69, 9.17) is 0 Å². The zero-order chi connectivity index (χ0) is 33.7. The predicted octanol–water partition coefficient (Wildman–Crippen LogP) is 4.34. The fraction of sp³-hybridized carbons (Fsp3) is 0.667. The molecule has 3 saturated carbocycles. The quantitative estimate of drug-likeness (QED) is 0.385. The number of nitrogens with zero attached hydrogens (tertiary/aromatic N) is 2. The first-order valence-electron chi connectivity index (χ1n) is 16.6. The minimum atomic E-state index is -1.68. The molecule has 1 aromatic rings. The Labute approximate surface area is 270 Å². The minimum absolute atomic E-state index is 0.0812. The molecule has 5 aliphatic carbocycles. The summed E-state index contributed by atoms with van der Waals surface area (Å²) < 4.78 is 0. The number of fused-ring (bicyclic) bond motifs is 7. The third-order valence-electron chi connectivity index (χ3n) is 13.8. The molecule has 10 heteroatoms. The minimum Gasteiger partial charge on any atom is -0.381 e. The van der Waals surface area contributed by atoms with Crippen molar-refractivity contribution in [3.05, 3.63) is 41.3 Å². The Balaban J connectivity index is 1.35. The van der Waals surface area contributed by atoms with E-state index in [1.165, 1.54) is 12.3 Å². The van der Waals surface area contributed by atoms with Gasteiger partial charge in [-0.2, -0.15) is 10.4 Å². The molecule has 46 heavy (non-hydrogen) atoms. The molecule has 5 aliphatic rings. The number of carbonyl (C=O) groups is 4. The maximum absolute atomic E-state index is 14.6. The van der Waals surface area contributed by atoms with E-state index in [1.807, 2.05) is 20.8 Å². The van der Waals surface area contributed by atoms with Gasteiger partial charge in [0.25, 0.3) is 5.91 Å². The highest BCUT2D eigenvalue weighted by Gasteiger charge is 2.75. The van der Waals surface area contributed by atoms with Crippen LogP contribution in [0.15, 0.2) is 35.6 Å². The molecular formula is C36H47N5O5. The second kappa shape index (κ2) is 9.96. The number of allylic oxidation sites excluding steroid dienone is 3. The summed E-state index contributed by atoms with van der Waals surface area (Å²) in [6.45, 7) is 14.1. The van der Waals surface area contributed by atoms with Crippen LogP contribution in [0.25, 0.3) is 0 Å². The van der Waals surface area contributed by atoms with Crippen LogP contribution < -0.4 is 10.6 Å². The van der Waals surface area contributed by atoms with Crippen molar-refractivity contribution in [2.75, 3.05) is 6.54 Å². The molecule has 0 bridgehead atoms. The number of amides is 2. The standard InChI is InChI=1S/C36H47N5O5/c1-30(2)23-8-10-34(6)24(33(23,5)17-21(19-37)28(30)44)16-26(42)36(46)25-18-32(4,13-11-31(25,3)12-14-35(34,36)7)40-27(43)20-38-29(45)22-9-15-39-41-22/h9,15-17,23,25,46H,8,10-14,18,20H2,1-7H3,(H,38,45)(H,39,41)(H,40,43)/t23-,25+,31-,32-,33-,34+,35-,36+/m0/s1. The number of Topliss-reactive ketones (excluding diaryl/α,β-unsaturated/α-hetero) is 1. The Hall–Kier alpha value is -3.58. The first kappa shape index (κ1) is 32.4. The highest BCUT2D eigenvalue weighted by molar-refractivity contribution is 6.05. The second-order valence-corrected chi connectivity index (χ2v) is 16.6. The summed E-state index contributed by atoms with van der Waals surface area (Å²) in [5.74, 6) is -1.73. The molecule has 1 heterocycles. The van der Waals surface area contributed by atoms with Gasteiger partial charge in [-0.15, -0.1) is 0 Å². The number of H-pyrrole nitrogens is 1. The number of nitrogens with one attached hydrogen (secondary N) is 3. The summed E-state index contributed by atoms with van der Waals surface area (Å²) in [7, 11) is 0. The number of nitriles is 1. The van der Waals surface area contributed by atoms with E-state index >= 15 is 0 Å². The van der Waals surface area contributed by atoms with Crippen molar-refractivity contribution in [1.29, 1.82) is 5.26 Å². The SMILES string of the molecule is CC1(C)C(=O)C(C#N)=C[C@]2(C)C3=CC(=O)[C@]4(O)[C@@H]5C[C@@](C)(NC(=O)CNC(=O)c6ccn[nH]6)CC[C@@]5(C)CC[C@@]4(C)[C@]3(C)CC[C@@H]12. The Kier molecular flexibility index (Phi) is 7.01. The molecule has 2 amide bonds. The molecule has 0 radical (unpaired) electrons. The fourth-order valence-electron chi connectivity index (χ4n) is 10.9. The lowest BCUT2D eigenvalue weighted by Gasteiger charge is -2.71. The van der Waals surface area contributed by atoms with Gasteiger partial charge in [-0.3, -0.25) is 24.3 Å². The number of aliphatic hydroxyl groups is 1. The van der Waals surface area contributed by atoms with Crippen LogP contribution >= 0.6 is 0 Å². The fourth-order valence-corrected chi connectivity index (χ4v) is 10.9. The average Bonchev–Trinajstić information content (AvgIpc) is 3.54. The van der Waals surface area contributed by atoms with Crippen molar-refractivity contribution < 1.29 is 24.3 Å². The monoisotopic (exact) mass is 629 g/mol. The van der Waals surface area contributed by atoms with Gasteiger partial charge in [-0.25, -0.2) is 0 Å². The van der Waals surface area contributed by atoms with E-state index in [1.54, 1.807) is 12.2 Å². The number of carbonyl (C=O) groups excluding carboxylic acids is 4. The number of hydrogen-bond acceptors (Lipinski definition) is 7. The van der Waals surface area contributed by atoms with E-state index < -0.39 is 44.6 Å². The maximum atomic E-state index is 14.6. The molecule has 10 nitrogen and oxygen atoms in total. The largest absolute Gasteiger partial charge is 0.381 e. The molecule has 3 fully saturated rings. The smallest absolute Gasteiger partial charge is 0.269 e. The summed E-state index contributed by atoms with van der Waals surface area (Å²) in [5, 5.41) is 35.1. The number of aromatic nitrogens is 2. The van der Waals surface area contributed by atoms with Gasteiger partial charge >= 0.3 is 0 Å². The molecule has 6 rings (SSSR count). The van der Waals surface area contributed by atoms with Crippen molar-refractivity contribution in [3.63, 3.8) is 0 Å². The van der Waals surface area contributed by atoms with Gasteiger partial charge in [0.1, 0.15) is 17.4 Å². The van der Waals surface area contributed by atoms with Crippen LogP contribution in [0.2, 0.25) is 0 Å². The normalized spacial score (nSPS) is 42.6. The van der Waals surface area contributed by atoms with Gasteiger partial charge in [0, 0.05) is 33.9 Å². The highest BCUT2D eigenvalue weighted by Crippen LogP contribution is 2.75. The molecule has 246 valence electrons. The van der Waals surface area contributed by atoms with Crippen molar-refractivity contribution >= 4 is 23.4 Å². The van der Waals surface area contributed by atoms with E-state index in [0.29, 0.717) is 25.7 Å². The van der Waals surface area contributed by atoms with Gasteiger partial charge in [-0.1, -0.05) is 47.6 Å². The molecule has 0 aromatic carbocycles. The molecule has 0 spiro atoms. The van der Waals surface area contributed by atoms with Crippen molar-refractivity contribution in [2.24, 2.45) is 38.9 Å². The number of rotatable bonds is 4. The summed E-state index contributed by atoms with van der Waals surface area (Å²) in [4.78, 5) is 53.4. The maximum Gasteiger partial charge on any atom is 0.269 e. The zero-order valence-electron chi connectivity index (χ0n) is 28.1. The molecule has 8 atom stereocenters. The highest BCUT2D eigenvalue weighted by atomic mass is 16.3. The van der Waals surface area contributed by atoms with Gasteiger partial charge < -0.3 is 15.7 Å². The van der Waals surface area contributed by atoms with Crippen LogP contribution in [-0.2, 0) is 14.4 Å². The van der Waals surface area contributed by atoms with Crippen molar-refractivity contribution in [2.45, 2.75) is 105 Å². The predicted molar refractivity (Wildman–Crippen MR) is 170 cm³/mol. The van der Waals surface area contributed by atoms with Crippen LogP contribution in [0.5, 0.6) is 0 Å². The van der Waals surface area contributed by atoms with E-state index in [9.17, 15) is 29.5 Å². The first-order chi connectivity index (χ1) is 21.3. The summed E-state index contributed by atoms with van der Waals surface area (Å²) in [6, 6.07) is 3.66. The number of hydrogen-bond donors (Lipinski definition) is 4. The Morgan fingerprint density at radius 1 is 1.04 bits per heavy atom. The van der Waals surface area contributed by atoms with Crippen molar-refractivity contribution in [3.8, 4) is 6.07 Å². The lowest BCUT2D eigenvalue weighted by atomic mass is 9.33. The molecular weight excluding hydrogens is 582 g/mol. The van der Waals surface area contributed by atoms with Crippen LogP contribution in [0.3, 0.4) is 0 Å². The Morgan fingerprint density at radius 2 is 1.74 bits per heavy atom. The summed E-state index contributed by atoms with van der Waals surface area (Å²) >= 11 is 0. The Bertz CT molecular complexity index is 1640. The zero-order valence-corrected chi connectivity index (χ0v) is 28.1. The van der Waals surface area contributed by atoms with E-state index in [2.05, 4.69) is 54.6 Å². The van der Waals surface area contributed by atoms with Crippen LogP contribution in [0.1, 0.15) is 104 Å². The van der Waals surface area contributed by atoms with Crippen molar-refractivity contribution in [1.82, 2.24) is 20.8 Å². The van der Waals surface area contributed by atoms with E-state index in [-0.39, 0.29) is 46.6 Å². The molecule has 0 aliphatic heterocycles.